The SMILES string of the molecule is O=C(N[C@H]1CCc2n[nH]c(=O)cc2C1)c1ccc2nsnc2c1. The first-order valence-corrected chi connectivity index (χ1v) is 8.03. The van der Waals surface area contributed by atoms with Crippen molar-refractivity contribution in [3.63, 3.8) is 0 Å². The van der Waals surface area contributed by atoms with Crippen LogP contribution in [0.15, 0.2) is 29.1 Å². The van der Waals surface area contributed by atoms with Gasteiger partial charge in [-0.15, -0.1) is 0 Å². The largest absolute Gasteiger partial charge is 0.349 e. The minimum Gasteiger partial charge on any atom is -0.349 e. The molecular weight excluding hydrogens is 314 g/mol. The van der Waals surface area contributed by atoms with Crippen molar-refractivity contribution in [2.24, 2.45) is 0 Å². The third-order valence-corrected chi connectivity index (χ3v) is 4.58. The molecule has 2 heterocycles. The molecule has 2 aromatic heterocycles. The van der Waals surface area contributed by atoms with Gasteiger partial charge >= 0.3 is 0 Å². The van der Waals surface area contributed by atoms with Crippen molar-refractivity contribution in [2.45, 2.75) is 25.3 Å². The van der Waals surface area contributed by atoms with Crippen LogP contribution in [0.2, 0.25) is 0 Å². The molecule has 23 heavy (non-hydrogen) atoms. The molecule has 0 unspecified atom stereocenters. The second-order valence-corrected chi connectivity index (χ2v) is 6.11. The van der Waals surface area contributed by atoms with E-state index in [-0.39, 0.29) is 17.5 Å². The maximum Gasteiger partial charge on any atom is 0.264 e. The van der Waals surface area contributed by atoms with Gasteiger partial charge in [0.2, 0.25) is 0 Å². The number of benzene rings is 1. The van der Waals surface area contributed by atoms with Crippen LogP contribution in [0, 0.1) is 0 Å². The number of amides is 1. The van der Waals surface area contributed by atoms with Gasteiger partial charge in [0.15, 0.2) is 0 Å². The highest BCUT2D eigenvalue weighted by Crippen LogP contribution is 2.19. The van der Waals surface area contributed by atoms with Gasteiger partial charge in [0.25, 0.3) is 11.5 Å². The lowest BCUT2D eigenvalue weighted by molar-refractivity contribution is 0.0933. The summed E-state index contributed by atoms with van der Waals surface area (Å²) < 4.78 is 8.28. The second-order valence-electron chi connectivity index (χ2n) is 5.59. The number of carbonyl (C=O) groups excluding carboxylic acids is 1. The Balaban J connectivity index is 1.51. The Hall–Kier alpha value is -2.61. The fourth-order valence-corrected chi connectivity index (χ4v) is 3.37. The number of aryl methyl sites for hydroxylation is 1. The van der Waals surface area contributed by atoms with Gasteiger partial charge in [-0.25, -0.2) is 5.10 Å². The lowest BCUT2D eigenvalue weighted by atomic mass is 9.92. The van der Waals surface area contributed by atoms with Crippen molar-refractivity contribution < 1.29 is 4.79 Å². The molecule has 0 spiro atoms. The van der Waals surface area contributed by atoms with Crippen LogP contribution in [0.5, 0.6) is 0 Å². The van der Waals surface area contributed by atoms with Gasteiger partial charge in [-0.1, -0.05) is 0 Å². The van der Waals surface area contributed by atoms with E-state index in [2.05, 4.69) is 24.3 Å². The molecule has 2 N–H and O–H groups in total. The molecule has 1 aliphatic rings. The summed E-state index contributed by atoms with van der Waals surface area (Å²) in [6.07, 6.45) is 2.17. The number of carbonyl (C=O) groups is 1. The zero-order chi connectivity index (χ0) is 15.8. The quantitative estimate of drug-likeness (QED) is 0.733. The van der Waals surface area contributed by atoms with Crippen molar-refractivity contribution in [2.75, 3.05) is 0 Å². The van der Waals surface area contributed by atoms with E-state index in [0.29, 0.717) is 12.0 Å². The fourth-order valence-electron chi connectivity index (χ4n) is 2.86. The zero-order valence-electron chi connectivity index (χ0n) is 12.1. The summed E-state index contributed by atoms with van der Waals surface area (Å²) in [5.74, 6) is -0.133. The van der Waals surface area contributed by atoms with Crippen molar-refractivity contribution in [1.29, 1.82) is 0 Å². The first-order valence-electron chi connectivity index (χ1n) is 7.30. The molecule has 0 saturated carbocycles. The smallest absolute Gasteiger partial charge is 0.264 e. The van der Waals surface area contributed by atoms with E-state index in [4.69, 9.17) is 0 Å². The lowest BCUT2D eigenvalue weighted by Crippen LogP contribution is -2.39. The van der Waals surface area contributed by atoms with Crippen LogP contribution in [0.25, 0.3) is 11.0 Å². The van der Waals surface area contributed by atoms with Gasteiger partial charge in [0, 0.05) is 17.7 Å². The highest BCUT2D eigenvalue weighted by Gasteiger charge is 2.22. The molecule has 0 bridgehead atoms. The molecule has 3 aromatic rings. The number of H-pyrrole nitrogens is 1. The number of rotatable bonds is 2. The van der Waals surface area contributed by atoms with Crippen LogP contribution in [-0.4, -0.2) is 30.9 Å². The number of nitrogens with zero attached hydrogens (tertiary/aromatic N) is 3. The molecule has 1 amide bonds. The van der Waals surface area contributed by atoms with E-state index in [1.165, 1.54) is 0 Å². The van der Waals surface area contributed by atoms with E-state index in [0.717, 1.165) is 46.9 Å². The topological polar surface area (TPSA) is 101 Å². The molecular formula is C15H13N5O2S. The van der Waals surface area contributed by atoms with Gasteiger partial charge < -0.3 is 5.32 Å². The van der Waals surface area contributed by atoms with E-state index in [9.17, 15) is 9.59 Å². The minimum absolute atomic E-state index is 0.00264. The van der Waals surface area contributed by atoms with E-state index in [1.54, 1.807) is 24.3 Å². The molecule has 0 fully saturated rings. The molecule has 4 rings (SSSR count). The number of hydrogen-bond acceptors (Lipinski definition) is 6. The van der Waals surface area contributed by atoms with Crippen molar-refractivity contribution in [1.82, 2.24) is 24.3 Å². The molecule has 1 atom stereocenters. The summed E-state index contributed by atoms with van der Waals surface area (Å²) in [5.41, 5.74) is 3.70. The maximum atomic E-state index is 12.4. The Morgan fingerprint density at radius 2 is 2.13 bits per heavy atom. The summed E-state index contributed by atoms with van der Waals surface area (Å²) in [6.45, 7) is 0. The Bertz CT molecular complexity index is 948. The van der Waals surface area contributed by atoms with Gasteiger partial charge in [0.1, 0.15) is 11.0 Å². The Labute approximate surface area is 135 Å². The van der Waals surface area contributed by atoms with Gasteiger partial charge in [-0.3, -0.25) is 9.59 Å². The predicted molar refractivity (Wildman–Crippen MR) is 85.6 cm³/mol. The molecule has 0 radical (unpaired) electrons. The van der Waals surface area contributed by atoms with Crippen molar-refractivity contribution in [3.05, 3.63) is 51.4 Å². The number of nitrogens with one attached hydrogen (secondary N) is 2. The Kier molecular flexibility index (Phi) is 3.38. The molecule has 1 aliphatic carbocycles. The highest BCUT2D eigenvalue weighted by atomic mass is 32.1. The van der Waals surface area contributed by atoms with E-state index >= 15 is 0 Å². The minimum atomic E-state index is -0.211. The van der Waals surface area contributed by atoms with E-state index < -0.39 is 0 Å². The molecule has 1 aromatic carbocycles. The summed E-state index contributed by atoms with van der Waals surface area (Å²) >= 11 is 1.13. The van der Waals surface area contributed by atoms with Gasteiger partial charge in [0.05, 0.1) is 17.4 Å². The van der Waals surface area contributed by atoms with Crippen LogP contribution in [-0.2, 0) is 12.8 Å². The number of aromatic amines is 1. The van der Waals surface area contributed by atoms with Crippen molar-refractivity contribution >= 4 is 28.7 Å². The summed E-state index contributed by atoms with van der Waals surface area (Å²) in [5, 5.41) is 9.53. The fraction of sp³-hybridized carbons (Fsp3) is 0.267. The van der Waals surface area contributed by atoms with Crippen LogP contribution in [0.3, 0.4) is 0 Å². The first kappa shape index (κ1) is 14.0. The summed E-state index contributed by atoms with van der Waals surface area (Å²) in [4.78, 5) is 23.8. The van der Waals surface area contributed by atoms with Crippen LogP contribution >= 0.6 is 11.7 Å². The Morgan fingerprint density at radius 1 is 1.26 bits per heavy atom. The number of aromatic nitrogens is 4. The third-order valence-electron chi connectivity index (χ3n) is 4.02. The van der Waals surface area contributed by atoms with Crippen LogP contribution < -0.4 is 10.9 Å². The standard InChI is InChI=1S/C15H13N5O2S/c21-14-7-9-5-10(2-4-11(9)17-18-14)16-15(22)8-1-3-12-13(6-8)20-23-19-12/h1,3,6-7,10H,2,4-5H2,(H,16,22)(H,18,21)/t10-/m0/s1. The first-order chi connectivity index (χ1) is 11.2. The molecule has 0 saturated heterocycles. The molecule has 116 valence electrons. The highest BCUT2D eigenvalue weighted by molar-refractivity contribution is 7.00. The number of hydrogen-bond donors (Lipinski definition) is 2. The van der Waals surface area contributed by atoms with Crippen LogP contribution in [0.4, 0.5) is 0 Å². The zero-order valence-corrected chi connectivity index (χ0v) is 12.9. The van der Waals surface area contributed by atoms with Gasteiger partial charge in [-0.05, 0) is 43.0 Å². The molecule has 8 heteroatoms. The second kappa shape index (κ2) is 5.54. The number of fused-ring (bicyclic) bond motifs is 2. The lowest BCUT2D eigenvalue weighted by Gasteiger charge is -2.24. The Morgan fingerprint density at radius 3 is 3.04 bits per heavy atom. The summed E-state index contributed by atoms with van der Waals surface area (Å²) in [7, 11) is 0. The van der Waals surface area contributed by atoms with Crippen LogP contribution in [0.1, 0.15) is 28.0 Å². The normalized spacial score (nSPS) is 17.0. The van der Waals surface area contributed by atoms with Gasteiger partial charge in [-0.2, -0.15) is 13.8 Å². The average molecular weight is 327 g/mol. The summed E-state index contributed by atoms with van der Waals surface area (Å²) in [6, 6.07) is 6.86. The monoisotopic (exact) mass is 327 g/mol. The molecule has 0 aliphatic heterocycles. The predicted octanol–water partition coefficient (Wildman–Crippen LogP) is 1.06. The van der Waals surface area contributed by atoms with Crippen molar-refractivity contribution in [3.8, 4) is 0 Å². The molecule has 7 nitrogen and oxygen atoms in total. The maximum absolute atomic E-state index is 12.4. The third kappa shape index (κ3) is 2.72. The van der Waals surface area contributed by atoms with E-state index in [1.807, 2.05) is 0 Å². The average Bonchev–Trinajstić information content (AvgIpc) is 3.02.